The van der Waals surface area contributed by atoms with Gasteiger partial charge < -0.3 is 10.6 Å². The Kier molecular flexibility index (Phi) is 5.35. The highest BCUT2D eigenvalue weighted by atomic mass is 19.2. The van der Waals surface area contributed by atoms with E-state index < -0.39 is 29.0 Å². The number of benzene rings is 2. The van der Waals surface area contributed by atoms with Crippen LogP contribution in [-0.4, -0.2) is 15.9 Å². The molecule has 0 radical (unpaired) electrons. The van der Waals surface area contributed by atoms with Gasteiger partial charge in [-0.2, -0.15) is 0 Å². The summed E-state index contributed by atoms with van der Waals surface area (Å²) in [6.07, 6.45) is 1.36. The van der Waals surface area contributed by atoms with Crippen molar-refractivity contribution in [3.63, 3.8) is 0 Å². The van der Waals surface area contributed by atoms with Crippen LogP contribution in [0.15, 0.2) is 48.7 Å². The fraction of sp³-hybridized carbons (Fsp3) is 0.105. The van der Waals surface area contributed by atoms with Crippen molar-refractivity contribution in [1.82, 2.24) is 9.97 Å². The quantitative estimate of drug-likeness (QED) is 0.663. The molecule has 2 N–H and O–H groups in total. The summed E-state index contributed by atoms with van der Waals surface area (Å²) < 4.78 is 39.9. The van der Waals surface area contributed by atoms with E-state index in [1.807, 2.05) is 31.2 Å². The molecule has 0 saturated carbocycles. The topological polar surface area (TPSA) is 66.9 Å². The second-order valence-corrected chi connectivity index (χ2v) is 5.79. The standard InChI is InChI=1S/C19H15F3N4O/c1-11-3-2-4-12(9-11)10-24-19-23-8-7-15(26-19)18(27)25-14-6-5-13(20)16(21)17(14)22/h2-9H,10H2,1H3,(H,25,27)(H,23,24,26). The number of nitrogens with zero attached hydrogens (tertiary/aromatic N) is 2. The molecule has 0 aliphatic heterocycles. The largest absolute Gasteiger partial charge is 0.350 e. The van der Waals surface area contributed by atoms with Crippen LogP contribution < -0.4 is 10.6 Å². The minimum atomic E-state index is -1.66. The van der Waals surface area contributed by atoms with Gasteiger partial charge in [0.05, 0.1) is 5.69 Å². The van der Waals surface area contributed by atoms with Crippen molar-refractivity contribution in [2.45, 2.75) is 13.5 Å². The van der Waals surface area contributed by atoms with E-state index in [2.05, 4.69) is 20.6 Å². The zero-order chi connectivity index (χ0) is 19.4. The predicted molar refractivity (Wildman–Crippen MR) is 94.8 cm³/mol. The Labute approximate surface area is 153 Å². The Balaban J connectivity index is 1.71. The molecule has 138 valence electrons. The van der Waals surface area contributed by atoms with Crippen molar-refractivity contribution < 1.29 is 18.0 Å². The lowest BCUT2D eigenvalue weighted by molar-refractivity contribution is 0.102. The maximum atomic E-state index is 13.7. The predicted octanol–water partition coefficient (Wildman–Crippen LogP) is 4.07. The molecule has 1 heterocycles. The monoisotopic (exact) mass is 372 g/mol. The molecule has 0 fully saturated rings. The van der Waals surface area contributed by atoms with E-state index in [4.69, 9.17) is 0 Å². The van der Waals surface area contributed by atoms with Gasteiger partial charge in [-0.15, -0.1) is 0 Å². The highest BCUT2D eigenvalue weighted by Gasteiger charge is 2.17. The Hall–Kier alpha value is -3.42. The molecule has 3 aromatic rings. The summed E-state index contributed by atoms with van der Waals surface area (Å²) in [5, 5.41) is 5.15. The van der Waals surface area contributed by atoms with Gasteiger partial charge in [-0.25, -0.2) is 23.1 Å². The van der Waals surface area contributed by atoms with Gasteiger partial charge in [0.2, 0.25) is 5.95 Å². The summed E-state index contributed by atoms with van der Waals surface area (Å²) in [5.74, 6) is -5.04. The van der Waals surface area contributed by atoms with Crippen molar-refractivity contribution in [3.05, 3.63) is 82.9 Å². The van der Waals surface area contributed by atoms with Crippen LogP contribution in [0, 0.1) is 24.4 Å². The van der Waals surface area contributed by atoms with E-state index >= 15 is 0 Å². The van der Waals surface area contributed by atoms with Crippen molar-refractivity contribution in [3.8, 4) is 0 Å². The van der Waals surface area contributed by atoms with Gasteiger partial charge in [-0.05, 0) is 30.7 Å². The number of hydrogen-bond donors (Lipinski definition) is 2. The number of aryl methyl sites for hydroxylation is 1. The molecule has 1 amide bonds. The number of rotatable bonds is 5. The van der Waals surface area contributed by atoms with E-state index in [-0.39, 0.29) is 11.6 Å². The summed E-state index contributed by atoms with van der Waals surface area (Å²) in [7, 11) is 0. The lowest BCUT2D eigenvalue weighted by atomic mass is 10.1. The average molecular weight is 372 g/mol. The van der Waals surface area contributed by atoms with Gasteiger partial charge in [0.15, 0.2) is 17.5 Å². The zero-order valence-electron chi connectivity index (χ0n) is 14.3. The van der Waals surface area contributed by atoms with E-state index in [0.29, 0.717) is 6.54 Å². The highest BCUT2D eigenvalue weighted by Crippen LogP contribution is 2.20. The smallest absolute Gasteiger partial charge is 0.274 e. The number of halogens is 3. The van der Waals surface area contributed by atoms with Crippen LogP contribution in [0.25, 0.3) is 0 Å². The molecule has 5 nitrogen and oxygen atoms in total. The van der Waals surface area contributed by atoms with Crippen LogP contribution >= 0.6 is 0 Å². The Morgan fingerprint density at radius 1 is 1.07 bits per heavy atom. The molecule has 8 heteroatoms. The maximum absolute atomic E-state index is 13.7. The number of carbonyl (C=O) groups excluding carboxylic acids is 1. The number of anilines is 2. The van der Waals surface area contributed by atoms with Gasteiger partial charge >= 0.3 is 0 Å². The molecule has 0 aliphatic carbocycles. The van der Waals surface area contributed by atoms with Crippen molar-refractivity contribution in [2.75, 3.05) is 10.6 Å². The molecule has 0 spiro atoms. The number of hydrogen-bond acceptors (Lipinski definition) is 4. The summed E-state index contributed by atoms with van der Waals surface area (Å²) in [4.78, 5) is 20.3. The SMILES string of the molecule is Cc1cccc(CNc2nccc(C(=O)Nc3ccc(F)c(F)c3F)n2)c1. The molecular weight excluding hydrogens is 357 g/mol. The van der Waals surface area contributed by atoms with Crippen LogP contribution in [-0.2, 0) is 6.54 Å². The minimum Gasteiger partial charge on any atom is -0.350 e. The summed E-state index contributed by atoms with van der Waals surface area (Å²) >= 11 is 0. The number of nitrogens with one attached hydrogen (secondary N) is 2. The third kappa shape index (κ3) is 4.41. The molecule has 0 bridgehead atoms. The van der Waals surface area contributed by atoms with E-state index in [1.165, 1.54) is 12.3 Å². The zero-order valence-corrected chi connectivity index (χ0v) is 14.3. The second kappa shape index (κ2) is 7.86. The van der Waals surface area contributed by atoms with Crippen LogP contribution in [0.3, 0.4) is 0 Å². The molecule has 0 saturated heterocycles. The van der Waals surface area contributed by atoms with Gasteiger partial charge in [0.1, 0.15) is 5.69 Å². The number of aromatic nitrogens is 2. The summed E-state index contributed by atoms with van der Waals surface area (Å²) in [6, 6.07) is 10.8. The van der Waals surface area contributed by atoms with Crippen LogP contribution in [0.5, 0.6) is 0 Å². The molecular formula is C19H15F3N4O. The Morgan fingerprint density at radius 3 is 2.67 bits per heavy atom. The summed E-state index contributed by atoms with van der Waals surface area (Å²) in [6.45, 7) is 2.42. The molecule has 2 aromatic carbocycles. The normalized spacial score (nSPS) is 10.5. The fourth-order valence-corrected chi connectivity index (χ4v) is 2.38. The van der Waals surface area contributed by atoms with Gasteiger partial charge in [-0.1, -0.05) is 29.8 Å². The minimum absolute atomic E-state index is 0.0547. The lowest BCUT2D eigenvalue weighted by Crippen LogP contribution is -2.16. The molecule has 0 atom stereocenters. The first-order chi connectivity index (χ1) is 12.9. The third-order valence-electron chi connectivity index (χ3n) is 3.70. The molecule has 3 rings (SSSR count). The van der Waals surface area contributed by atoms with Gasteiger partial charge in [-0.3, -0.25) is 4.79 Å². The molecule has 0 unspecified atom stereocenters. The highest BCUT2D eigenvalue weighted by molar-refractivity contribution is 6.03. The molecule has 1 aromatic heterocycles. The maximum Gasteiger partial charge on any atom is 0.274 e. The first-order valence-electron chi connectivity index (χ1n) is 8.01. The van der Waals surface area contributed by atoms with E-state index in [0.717, 1.165) is 23.3 Å². The molecule has 27 heavy (non-hydrogen) atoms. The number of carbonyl (C=O) groups is 1. The van der Waals surface area contributed by atoms with Crippen molar-refractivity contribution in [2.24, 2.45) is 0 Å². The van der Waals surface area contributed by atoms with Gasteiger partial charge in [0, 0.05) is 12.7 Å². The number of amides is 1. The fourth-order valence-electron chi connectivity index (χ4n) is 2.38. The third-order valence-corrected chi connectivity index (χ3v) is 3.70. The van der Waals surface area contributed by atoms with Crippen LogP contribution in [0.4, 0.5) is 24.8 Å². The second-order valence-electron chi connectivity index (χ2n) is 5.79. The Morgan fingerprint density at radius 2 is 1.89 bits per heavy atom. The summed E-state index contributed by atoms with van der Waals surface area (Å²) in [5.41, 5.74) is 1.59. The van der Waals surface area contributed by atoms with Crippen molar-refractivity contribution >= 4 is 17.5 Å². The first-order valence-corrected chi connectivity index (χ1v) is 8.01. The van der Waals surface area contributed by atoms with E-state index in [1.54, 1.807) is 0 Å². The first kappa shape index (κ1) is 18.4. The van der Waals surface area contributed by atoms with Crippen molar-refractivity contribution in [1.29, 1.82) is 0 Å². The van der Waals surface area contributed by atoms with E-state index in [9.17, 15) is 18.0 Å². The van der Waals surface area contributed by atoms with Crippen LogP contribution in [0.1, 0.15) is 21.6 Å². The van der Waals surface area contributed by atoms with Gasteiger partial charge in [0.25, 0.3) is 5.91 Å². The molecule has 0 aliphatic rings. The average Bonchev–Trinajstić information content (AvgIpc) is 2.67. The lowest BCUT2D eigenvalue weighted by Gasteiger charge is -2.09. The Bertz CT molecular complexity index is 994. The van der Waals surface area contributed by atoms with Crippen LogP contribution in [0.2, 0.25) is 0 Å².